The van der Waals surface area contributed by atoms with Gasteiger partial charge in [-0.15, -0.1) is 0 Å². The van der Waals surface area contributed by atoms with Crippen molar-refractivity contribution in [3.63, 3.8) is 0 Å². The Morgan fingerprint density at radius 1 is 1.29 bits per heavy atom. The molecule has 17 heavy (non-hydrogen) atoms. The van der Waals surface area contributed by atoms with Gasteiger partial charge in [0.25, 0.3) is 0 Å². The van der Waals surface area contributed by atoms with Crippen molar-refractivity contribution < 1.29 is 4.79 Å². The molecule has 3 nitrogen and oxygen atoms in total. The summed E-state index contributed by atoms with van der Waals surface area (Å²) in [5, 5.41) is 5.92. The Morgan fingerprint density at radius 2 is 2.00 bits per heavy atom. The first-order chi connectivity index (χ1) is 8.24. The Morgan fingerprint density at radius 3 is 2.65 bits per heavy atom. The first-order valence-electron chi connectivity index (χ1n) is 6.26. The fourth-order valence-electron chi connectivity index (χ4n) is 1.73. The number of hydrogen-bond acceptors (Lipinski definition) is 2. The maximum atomic E-state index is 11.2. The van der Waals surface area contributed by atoms with Crippen LogP contribution >= 0.6 is 0 Å². The number of rotatable bonds is 7. The quantitative estimate of drug-likeness (QED) is 0.708. The average molecular weight is 234 g/mol. The Labute approximate surface area is 104 Å². The van der Waals surface area contributed by atoms with Gasteiger partial charge in [0, 0.05) is 6.54 Å². The number of nitrogens with one attached hydrogen (secondary N) is 2. The molecule has 0 aliphatic rings. The minimum Gasteiger partial charge on any atom is -0.355 e. The zero-order chi connectivity index (χ0) is 12.5. The van der Waals surface area contributed by atoms with Gasteiger partial charge in [-0.3, -0.25) is 4.79 Å². The van der Waals surface area contributed by atoms with Gasteiger partial charge in [0.15, 0.2) is 0 Å². The largest absolute Gasteiger partial charge is 0.355 e. The number of hydrogen-bond donors (Lipinski definition) is 2. The van der Waals surface area contributed by atoms with Crippen molar-refractivity contribution in [3.05, 3.63) is 35.9 Å². The van der Waals surface area contributed by atoms with Crippen LogP contribution in [0.25, 0.3) is 0 Å². The molecule has 0 fully saturated rings. The number of likely N-dealkylation sites (N-methyl/N-ethyl adjacent to an activating group) is 1. The molecule has 0 aliphatic carbocycles. The first kappa shape index (κ1) is 13.7. The molecule has 0 saturated heterocycles. The molecule has 0 saturated carbocycles. The summed E-state index contributed by atoms with van der Waals surface area (Å²) in [6.07, 6.45) is 1.05. The van der Waals surface area contributed by atoms with E-state index in [-0.39, 0.29) is 5.91 Å². The highest BCUT2D eigenvalue weighted by molar-refractivity contribution is 5.77. The molecule has 0 aromatic heterocycles. The molecule has 3 heteroatoms. The lowest BCUT2D eigenvalue weighted by atomic mass is 9.98. The van der Waals surface area contributed by atoms with Gasteiger partial charge >= 0.3 is 0 Å². The summed E-state index contributed by atoms with van der Waals surface area (Å²) in [5.41, 5.74) is 1.35. The second-order valence-electron chi connectivity index (χ2n) is 4.23. The van der Waals surface area contributed by atoms with Crippen LogP contribution in [0.5, 0.6) is 0 Å². The maximum Gasteiger partial charge on any atom is 0.233 e. The third-order valence-corrected chi connectivity index (χ3v) is 2.78. The lowest BCUT2D eigenvalue weighted by Gasteiger charge is -2.12. The number of amides is 1. The van der Waals surface area contributed by atoms with Crippen LogP contribution in [0.2, 0.25) is 0 Å². The predicted octanol–water partition coefficient (Wildman–Crippen LogP) is 1.91. The topological polar surface area (TPSA) is 41.1 Å². The number of carbonyl (C=O) groups is 1. The lowest BCUT2D eigenvalue weighted by Crippen LogP contribution is -2.34. The van der Waals surface area contributed by atoms with E-state index in [1.165, 1.54) is 5.56 Å². The highest BCUT2D eigenvalue weighted by atomic mass is 16.1. The van der Waals surface area contributed by atoms with Crippen molar-refractivity contribution in [1.29, 1.82) is 0 Å². The first-order valence-corrected chi connectivity index (χ1v) is 6.26. The third-order valence-electron chi connectivity index (χ3n) is 2.78. The van der Waals surface area contributed by atoms with E-state index in [0.717, 1.165) is 13.0 Å². The van der Waals surface area contributed by atoms with Crippen molar-refractivity contribution >= 4 is 5.91 Å². The third kappa shape index (κ3) is 5.50. The monoisotopic (exact) mass is 234 g/mol. The molecule has 1 amide bonds. The summed E-state index contributed by atoms with van der Waals surface area (Å²) in [4.78, 5) is 11.2. The van der Waals surface area contributed by atoms with Crippen LogP contribution in [-0.2, 0) is 4.79 Å². The van der Waals surface area contributed by atoms with Gasteiger partial charge in [0.05, 0.1) is 6.54 Å². The van der Waals surface area contributed by atoms with Crippen LogP contribution in [0.1, 0.15) is 31.7 Å². The van der Waals surface area contributed by atoms with Crippen molar-refractivity contribution in [2.75, 3.05) is 19.6 Å². The Bertz CT molecular complexity index is 324. The molecule has 1 unspecified atom stereocenters. The summed E-state index contributed by atoms with van der Waals surface area (Å²) in [7, 11) is 0. The van der Waals surface area contributed by atoms with E-state index in [2.05, 4.69) is 41.8 Å². The Balaban J connectivity index is 2.17. The Kier molecular flexibility index (Phi) is 6.33. The zero-order valence-corrected chi connectivity index (χ0v) is 10.7. The maximum absolute atomic E-state index is 11.2. The Hall–Kier alpha value is -1.35. The van der Waals surface area contributed by atoms with Crippen molar-refractivity contribution in [3.8, 4) is 0 Å². The fraction of sp³-hybridized carbons (Fsp3) is 0.500. The van der Waals surface area contributed by atoms with Gasteiger partial charge in [-0.1, -0.05) is 37.3 Å². The highest BCUT2D eigenvalue weighted by Gasteiger charge is 2.04. The highest BCUT2D eigenvalue weighted by Crippen LogP contribution is 2.17. The van der Waals surface area contributed by atoms with E-state index in [4.69, 9.17) is 0 Å². The fourth-order valence-corrected chi connectivity index (χ4v) is 1.73. The average Bonchev–Trinajstić information content (AvgIpc) is 2.36. The molecule has 1 rings (SSSR count). The molecular formula is C14H22N2O. The minimum atomic E-state index is 0.0693. The van der Waals surface area contributed by atoms with Crippen molar-refractivity contribution in [2.45, 2.75) is 26.2 Å². The molecule has 0 aliphatic heterocycles. The summed E-state index contributed by atoms with van der Waals surface area (Å²) in [5.74, 6) is 0.595. The molecule has 1 aromatic rings. The molecule has 0 radical (unpaired) electrons. The lowest BCUT2D eigenvalue weighted by molar-refractivity contribution is -0.120. The van der Waals surface area contributed by atoms with Gasteiger partial charge in [-0.05, 0) is 31.4 Å². The molecular weight excluding hydrogens is 212 g/mol. The smallest absolute Gasteiger partial charge is 0.233 e. The van der Waals surface area contributed by atoms with E-state index < -0.39 is 0 Å². The van der Waals surface area contributed by atoms with Crippen molar-refractivity contribution in [1.82, 2.24) is 10.6 Å². The minimum absolute atomic E-state index is 0.0693. The van der Waals surface area contributed by atoms with E-state index >= 15 is 0 Å². The van der Waals surface area contributed by atoms with Gasteiger partial charge in [0.2, 0.25) is 5.91 Å². The van der Waals surface area contributed by atoms with Gasteiger partial charge in [-0.25, -0.2) is 0 Å². The van der Waals surface area contributed by atoms with Crippen LogP contribution in [0.15, 0.2) is 30.3 Å². The van der Waals surface area contributed by atoms with Gasteiger partial charge in [0.1, 0.15) is 0 Å². The molecule has 0 bridgehead atoms. The van der Waals surface area contributed by atoms with Crippen LogP contribution < -0.4 is 10.6 Å². The van der Waals surface area contributed by atoms with E-state index in [1.54, 1.807) is 0 Å². The molecule has 94 valence electrons. The SMILES string of the molecule is CCNC(=O)CNCCC(C)c1ccccc1. The van der Waals surface area contributed by atoms with E-state index in [0.29, 0.717) is 19.0 Å². The summed E-state index contributed by atoms with van der Waals surface area (Å²) >= 11 is 0. The van der Waals surface area contributed by atoms with Crippen LogP contribution in [-0.4, -0.2) is 25.5 Å². The summed E-state index contributed by atoms with van der Waals surface area (Å²) < 4.78 is 0. The number of carbonyl (C=O) groups excluding carboxylic acids is 1. The van der Waals surface area contributed by atoms with Gasteiger partial charge < -0.3 is 10.6 Å². The summed E-state index contributed by atoms with van der Waals surface area (Å²) in [6, 6.07) is 10.5. The molecule has 0 spiro atoms. The van der Waals surface area contributed by atoms with Crippen LogP contribution in [0.3, 0.4) is 0 Å². The molecule has 1 aromatic carbocycles. The van der Waals surface area contributed by atoms with Crippen LogP contribution in [0, 0.1) is 0 Å². The number of benzene rings is 1. The summed E-state index contributed by atoms with van der Waals surface area (Å²) in [6.45, 7) is 6.11. The predicted molar refractivity (Wildman–Crippen MR) is 71.0 cm³/mol. The van der Waals surface area contributed by atoms with E-state index in [9.17, 15) is 4.79 Å². The van der Waals surface area contributed by atoms with E-state index in [1.807, 2.05) is 13.0 Å². The zero-order valence-electron chi connectivity index (χ0n) is 10.7. The standard InChI is InChI=1S/C14H22N2O/c1-3-16-14(17)11-15-10-9-12(2)13-7-5-4-6-8-13/h4-8,12,15H,3,9-11H2,1-2H3,(H,16,17). The normalized spacial score (nSPS) is 12.1. The van der Waals surface area contributed by atoms with Gasteiger partial charge in [-0.2, -0.15) is 0 Å². The molecule has 2 N–H and O–H groups in total. The second kappa shape index (κ2) is 7.85. The molecule has 0 heterocycles. The van der Waals surface area contributed by atoms with Crippen LogP contribution in [0.4, 0.5) is 0 Å². The molecule has 1 atom stereocenters. The second-order valence-corrected chi connectivity index (χ2v) is 4.23. The van der Waals surface area contributed by atoms with Crippen molar-refractivity contribution in [2.24, 2.45) is 0 Å².